The van der Waals surface area contributed by atoms with Crippen molar-refractivity contribution in [2.24, 2.45) is 0 Å². The van der Waals surface area contributed by atoms with E-state index in [2.05, 4.69) is 10.6 Å². The molecule has 1 aromatic heterocycles. The first-order valence-electron chi connectivity index (χ1n) is 6.39. The van der Waals surface area contributed by atoms with E-state index in [9.17, 15) is 15.2 Å². The number of hydroxylamine groups is 1. The lowest BCUT2D eigenvalue weighted by Gasteiger charge is -2.21. The number of hydrogen-bond donors (Lipinski definition) is 2. The topological polar surface area (TPSA) is 102 Å². The maximum absolute atomic E-state index is 10.9. The van der Waals surface area contributed by atoms with E-state index in [1.807, 2.05) is 20.8 Å². The van der Waals surface area contributed by atoms with Crippen molar-refractivity contribution in [1.82, 2.24) is 15.3 Å². The minimum Gasteiger partial charge on any atom is -0.390 e. The van der Waals surface area contributed by atoms with Crippen LogP contribution >= 0.6 is 0 Å². The van der Waals surface area contributed by atoms with E-state index in [4.69, 9.17) is 4.84 Å². The molecule has 0 aromatic carbocycles. The van der Waals surface area contributed by atoms with Gasteiger partial charge in [-0.3, -0.25) is 19.6 Å². The Hall–Kier alpha value is -1.51. The molecule has 0 spiro atoms. The van der Waals surface area contributed by atoms with Gasteiger partial charge in [0.1, 0.15) is 11.4 Å². The molecule has 0 aliphatic rings. The van der Waals surface area contributed by atoms with Crippen LogP contribution in [0.1, 0.15) is 32.2 Å². The standard InChI is InChI=1S/C12H22N4O4/c1-8-11(16(18)19)9(2)15(14-8)7-10(17)6-13-20-12(3,4)5/h10,13,17H,6-7H2,1-5H3. The van der Waals surface area contributed by atoms with Gasteiger partial charge in [0.15, 0.2) is 0 Å². The van der Waals surface area contributed by atoms with E-state index in [0.29, 0.717) is 11.4 Å². The summed E-state index contributed by atoms with van der Waals surface area (Å²) >= 11 is 0. The average Bonchev–Trinajstić information content (AvgIpc) is 2.51. The number of aromatic nitrogens is 2. The lowest BCUT2D eigenvalue weighted by Crippen LogP contribution is -2.36. The molecule has 114 valence electrons. The molecule has 1 unspecified atom stereocenters. The van der Waals surface area contributed by atoms with Crippen LogP contribution in [0.4, 0.5) is 5.69 Å². The van der Waals surface area contributed by atoms with E-state index in [1.54, 1.807) is 13.8 Å². The van der Waals surface area contributed by atoms with Crippen LogP contribution in [0.15, 0.2) is 0 Å². The highest BCUT2D eigenvalue weighted by atomic mass is 16.7. The summed E-state index contributed by atoms with van der Waals surface area (Å²) in [5.74, 6) is 0. The highest BCUT2D eigenvalue weighted by Gasteiger charge is 2.22. The average molecular weight is 286 g/mol. The van der Waals surface area contributed by atoms with Gasteiger partial charge in [-0.25, -0.2) is 0 Å². The van der Waals surface area contributed by atoms with E-state index in [0.717, 1.165) is 0 Å². The van der Waals surface area contributed by atoms with Crippen molar-refractivity contribution < 1.29 is 14.9 Å². The third-order valence-corrected chi connectivity index (χ3v) is 2.61. The molecular weight excluding hydrogens is 264 g/mol. The lowest BCUT2D eigenvalue weighted by atomic mass is 10.2. The molecule has 0 amide bonds. The molecule has 0 fully saturated rings. The van der Waals surface area contributed by atoms with Gasteiger partial charge in [-0.2, -0.15) is 10.6 Å². The molecule has 1 atom stereocenters. The zero-order chi connectivity index (χ0) is 15.5. The second-order valence-electron chi connectivity index (χ2n) is 5.68. The lowest BCUT2D eigenvalue weighted by molar-refractivity contribution is -0.386. The van der Waals surface area contributed by atoms with E-state index >= 15 is 0 Å². The molecule has 0 aliphatic heterocycles. The highest BCUT2D eigenvalue weighted by Crippen LogP contribution is 2.21. The number of rotatable bonds is 6. The van der Waals surface area contributed by atoms with Crippen LogP contribution in [-0.4, -0.2) is 38.1 Å². The van der Waals surface area contributed by atoms with Gasteiger partial charge in [0, 0.05) is 6.54 Å². The minimum atomic E-state index is -0.755. The van der Waals surface area contributed by atoms with Gasteiger partial charge >= 0.3 is 5.69 Å². The maximum atomic E-state index is 10.9. The van der Waals surface area contributed by atoms with Crippen molar-refractivity contribution in [2.45, 2.75) is 52.9 Å². The molecule has 20 heavy (non-hydrogen) atoms. The zero-order valence-electron chi connectivity index (χ0n) is 12.5. The summed E-state index contributed by atoms with van der Waals surface area (Å²) in [5.41, 5.74) is 3.11. The van der Waals surface area contributed by atoms with E-state index in [-0.39, 0.29) is 24.4 Å². The Kier molecular flexibility index (Phi) is 5.21. The second-order valence-corrected chi connectivity index (χ2v) is 5.68. The summed E-state index contributed by atoms with van der Waals surface area (Å²) in [7, 11) is 0. The third kappa shape index (κ3) is 4.55. The number of nitrogens with one attached hydrogen (secondary N) is 1. The normalized spacial score (nSPS) is 13.5. The summed E-state index contributed by atoms with van der Waals surface area (Å²) in [6, 6.07) is 0. The Bertz CT molecular complexity index is 479. The Morgan fingerprint density at radius 1 is 1.50 bits per heavy atom. The summed E-state index contributed by atoms with van der Waals surface area (Å²) in [5, 5.41) is 24.8. The second kappa shape index (κ2) is 6.29. The van der Waals surface area contributed by atoms with Gasteiger partial charge in [0.05, 0.1) is 23.2 Å². The van der Waals surface area contributed by atoms with Crippen LogP contribution in [-0.2, 0) is 11.4 Å². The van der Waals surface area contributed by atoms with Gasteiger partial charge < -0.3 is 5.11 Å². The first-order chi connectivity index (χ1) is 9.11. The van der Waals surface area contributed by atoms with Gasteiger partial charge in [-0.05, 0) is 34.6 Å². The molecule has 0 aliphatic carbocycles. The van der Waals surface area contributed by atoms with Crippen LogP contribution < -0.4 is 5.48 Å². The Morgan fingerprint density at radius 2 is 2.10 bits per heavy atom. The molecule has 0 radical (unpaired) electrons. The van der Waals surface area contributed by atoms with Crippen LogP contribution in [0.5, 0.6) is 0 Å². The molecule has 0 saturated heterocycles. The molecule has 8 nitrogen and oxygen atoms in total. The number of nitrogens with zero attached hydrogens (tertiary/aromatic N) is 3. The maximum Gasteiger partial charge on any atom is 0.312 e. The minimum absolute atomic E-state index is 0.00361. The van der Waals surface area contributed by atoms with Crippen molar-refractivity contribution in [3.63, 3.8) is 0 Å². The Balaban J connectivity index is 2.61. The fraction of sp³-hybridized carbons (Fsp3) is 0.750. The summed E-state index contributed by atoms with van der Waals surface area (Å²) in [6.07, 6.45) is -0.755. The number of nitro groups is 1. The fourth-order valence-corrected chi connectivity index (χ4v) is 1.75. The quantitative estimate of drug-likeness (QED) is 0.599. The first kappa shape index (κ1) is 16.5. The molecule has 0 bridgehead atoms. The summed E-state index contributed by atoms with van der Waals surface area (Å²) < 4.78 is 1.44. The first-order valence-corrected chi connectivity index (χ1v) is 6.39. The predicted molar refractivity (Wildman–Crippen MR) is 73.2 cm³/mol. The molecule has 1 heterocycles. The molecular formula is C12H22N4O4. The predicted octanol–water partition coefficient (Wildman–Crippen LogP) is 1.09. The van der Waals surface area contributed by atoms with Crippen LogP contribution in [0.25, 0.3) is 0 Å². The molecule has 0 saturated carbocycles. The smallest absolute Gasteiger partial charge is 0.312 e. The number of hydrogen-bond acceptors (Lipinski definition) is 6. The molecule has 1 aromatic rings. The van der Waals surface area contributed by atoms with Crippen molar-refractivity contribution in [3.8, 4) is 0 Å². The zero-order valence-corrected chi connectivity index (χ0v) is 12.5. The number of aryl methyl sites for hydroxylation is 1. The third-order valence-electron chi connectivity index (χ3n) is 2.61. The van der Waals surface area contributed by atoms with Gasteiger partial charge in [-0.15, -0.1) is 0 Å². The van der Waals surface area contributed by atoms with Gasteiger partial charge in [0.25, 0.3) is 0 Å². The monoisotopic (exact) mass is 286 g/mol. The van der Waals surface area contributed by atoms with Gasteiger partial charge in [0.2, 0.25) is 0 Å². The van der Waals surface area contributed by atoms with Crippen LogP contribution in [0, 0.1) is 24.0 Å². The van der Waals surface area contributed by atoms with Crippen molar-refractivity contribution in [3.05, 3.63) is 21.5 Å². The van der Waals surface area contributed by atoms with Crippen molar-refractivity contribution in [2.75, 3.05) is 6.54 Å². The fourth-order valence-electron chi connectivity index (χ4n) is 1.75. The van der Waals surface area contributed by atoms with Crippen LogP contribution in [0.2, 0.25) is 0 Å². The molecule has 2 N–H and O–H groups in total. The Morgan fingerprint density at radius 3 is 2.55 bits per heavy atom. The van der Waals surface area contributed by atoms with Gasteiger partial charge in [-0.1, -0.05) is 0 Å². The van der Waals surface area contributed by atoms with E-state index < -0.39 is 11.0 Å². The summed E-state index contributed by atoms with van der Waals surface area (Å²) in [4.78, 5) is 15.7. The van der Waals surface area contributed by atoms with E-state index in [1.165, 1.54) is 4.68 Å². The largest absolute Gasteiger partial charge is 0.390 e. The highest BCUT2D eigenvalue weighted by molar-refractivity contribution is 5.39. The van der Waals surface area contributed by atoms with Crippen molar-refractivity contribution in [1.29, 1.82) is 0 Å². The Labute approximate surface area is 117 Å². The summed E-state index contributed by atoms with van der Waals surface area (Å²) in [6.45, 7) is 9.23. The molecule has 1 rings (SSSR count). The van der Waals surface area contributed by atoms with Crippen molar-refractivity contribution >= 4 is 5.69 Å². The number of aliphatic hydroxyl groups excluding tert-OH is 1. The SMILES string of the molecule is Cc1nn(CC(O)CNOC(C)(C)C)c(C)c1[N+](=O)[O-]. The van der Waals surface area contributed by atoms with Crippen LogP contribution in [0.3, 0.4) is 0 Å². The number of aliphatic hydroxyl groups is 1. The molecule has 8 heteroatoms.